The molecular formula is C15H17N7O2. The summed E-state index contributed by atoms with van der Waals surface area (Å²) >= 11 is 0. The van der Waals surface area contributed by atoms with Crippen molar-refractivity contribution >= 4 is 5.91 Å². The van der Waals surface area contributed by atoms with Crippen LogP contribution in [0.25, 0.3) is 0 Å². The summed E-state index contributed by atoms with van der Waals surface area (Å²) in [5.41, 5.74) is 2.69. The standard InChI is InChI=1S/C15H17N7O2/c1-11-8-16-18-22(11)9-12-13-10-20(5-3-6-21(13)19-17-12)15(23)14-4-2-7-24-14/h2,4,7-8H,3,5-6,9-10H2,1H3. The van der Waals surface area contributed by atoms with Crippen molar-refractivity contribution in [1.82, 2.24) is 34.9 Å². The summed E-state index contributed by atoms with van der Waals surface area (Å²) in [7, 11) is 0. The summed E-state index contributed by atoms with van der Waals surface area (Å²) in [4.78, 5) is 14.4. The fraction of sp³-hybridized carbons (Fsp3) is 0.400. The number of aryl methyl sites for hydroxylation is 2. The Morgan fingerprint density at radius 3 is 3.00 bits per heavy atom. The number of hydrogen-bond acceptors (Lipinski definition) is 6. The largest absolute Gasteiger partial charge is 0.459 e. The number of amides is 1. The van der Waals surface area contributed by atoms with Crippen LogP contribution in [-0.4, -0.2) is 47.3 Å². The van der Waals surface area contributed by atoms with E-state index in [0.29, 0.717) is 25.4 Å². The predicted molar refractivity (Wildman–Crippen MR) is 81.9 cm³/mol. The molecule has 4 heterocycles. The van der Waals surface area contributed by atoms with Crippen molar-refractivity contribution in [1.29, 1.82) is 0 Å². The molecule has 124 valence electrons. The number of nitrogens with zero attached hydrogens (tertiary/aromatic N) is 7. The van der Waals surface area contributed by atoms with E-state index in [-0.39, 0.29) is 5.91 Å². The molecule has 0 bridgehead atoms. The van der Waals surface area contributed by atoms with Crippen LogP contribution in [0.3, 0.4) is 0 Å². The molecule has 0 fully saturated rings. The highest BCUT2D eigenvalue weighted by Crippen LogP contribution is 2.18. The minimum Gasteiger partial charge on any atom is -0.459 e. The molecule has 0 spiro atoms. The molecule has 0 aliphatic carbocycles. The highest BCUT2D eigenvalue weighted by atomic mass is 16.3. The summed E-state index contributed by atoms with van der Waals surface area (Å²) < 4.78 is 8.88. The number of hydrogen-bond donors (Lipinski definition) is 0. The predicted octanol–water partition coefficient (Wildman–Crippen LogP) is 0.865. The molecule has 3 aromatic rings. The first-order chi connectivity index (χ1) is 11.7. The van der Waals surface area contributed by atoms with Gasteiger partial charge < -0.3 is 9.32 Å². The van der Waals surface area contributed by atoms with Crippen molar-refractivity contribution in [2.75, 3.05) is 6.54 Å². The molecule has 24 heavy (non-hydrogen) atoms. The van der Waals surface area contributed by atoms with Gasteiger partial charge in [0, 0.05) is 13.1 Å². The molecular weight excluding hydrogens is 310 g/mol. The van der Waals surface area contributed by atoms with E-state index in [1.807, 2.05) is 11.6 Å². The zero-order valence-electron chi connectivity index (χ0n) is 13.3. The van der Waals surface area contributed by atoms with Crippen molar-refractivity contribution in [3.8, 4) is 0 Å². The van der Waals surface area contributed by atoms with E-state index in [2.05, 4.69) is 20.6 Å². The van der Waals surface area contributed by atoms with Crippen molar-refractivity contribution in [2.24, 2.45) is 0 Å². The molecule has 4 rings (SSSR count). The van der Waals surface area contributed by atoms with Gasteiger partial charge in [0.15, 0.2) is 5.76 Å². The van der Waals surface area contributed by atoms with E-state index in [1.54, 1.807) is 27.9 Å². The first kappa shape index (κ1) is 14.6. The lowest BCUT2D eigenvalue weighted by Crippen LogP contribution is -2.30. The average Bonchev–Trinajstić information content (AvgIpc) is 3.29. The smallest absolute Gasteiger partial charge is 0.289 e. The number of furan rings is 1. The summed E-state index contributed by atoms with van der Waals surface area (Å²) in [6.45, 7) is 4.28. The molecule has 1 aliphatic heterocycles. The van der Waals surface area contributed by atoms with Crippen LogP contribution in [0, 0.1) is 6.92 Å². The van der Waals surface area contributed by atoms with E-state index >= 15 is 0 Å². The Labute approximate surface area is 137 Å². The maximum Gasteiger partial charge on any atom is 0.289 e. The van der Waals surface area contributed by atoms with Crippen molar-refractivity contribution in [2.45, 2.75) is 33.0 Å². The van der Waals surface area contributed by atoms with Crippen LogP contribution in [0.2, 0.25) is 0 Å². The molecule has 9 heteroatoms. The van der Waals surface area contributed by atoms with Gasteiger partial charge in [-0.15, -0.1) is 10.2 Å². The van der Waals surface area contributed by atoms with Gasteiger partial charge in [-0.1, -0.05) is 10.4 Å². The molecule has 0 saturated heterocycles. The van der Waals surface area contributed by atoms with Crippen LogP contribution in [0.4, 0.5) is 0 Å². The van der Waals surface area contributed by atoms with Crippen molar-refractivity contribution < 1.29 is 9.21 Å². The highest BCUT2D eigenvalue weighted by molar-refractivity contribution is 5.91. The van der Waals surface area contributed by atoms with Crippen molar-refractivity contribution in [3.05, 3.63) is 47.4 Å². The fourth-order valence-electron chi connectivity index (χ4n) is 2.85. The third-order valence-corrected chi connectivity index (χ3v) is 4.19. The lowest BCUT2D eigenvalue weighted by molar-refractivity contribution is 0.0713. The zero-order chi connectivity index (χ0) is 16.5. The summed E-state index contributed by atoms with van der Waals surface area (Å²) in [6, 6.07) is 3.40. The molecule has 0 atom stereocenters. The number of fused-ring (bicyclic) bond motifs is 1. The van der Waals surface area contributed by atoms with E-state index in [4.69, 9.17) is 4.42 Å². The Kier molecular flexibility index (Phi) is 3.60. The Hall–Kier alpha value is -2.97. The Morgan fingerprint density at radius 2 is 2.25 bits per heavy atom. The normalized spacial score (nSPS) is 14.5. The maximum absolute atomic E-state index is 12.6. The van der Waals surface area contributed by atoms with Crippen LogP contribution in [0.5, 0.6) is 0 Å². The zero-order valence-corrected chi connectivity index (χ0v) is 13.3. The first-order valence-corrected chi connectivity index (χ1v) is 7.81. The molecule has 3 aromatic heterocycles. The van der Waals surface area contributed by atoms with Gasteiger partial charge >= 0.3 is 0 Å². The van der Waals surface area contributed by atoms with Crippen LogP contribution < -0.4 is 0 Å². The molecule has 0 N–H and O–H groups in total. The van der Waals surface area contributed by atoms with Gasteiger partial charge in [0.2, 0.25) is 0 Å². The topological polar surface area (TPSA) is 94.9 Å². The second kappa shape index (κ2) is 5.91. The monoisotopic (exact) mass is 327 g/mol. The third kappa shape index (κ3) is 2.57. The third-order valence-electron chi connectivity index (χ3n) is 4.19. The van der Waals surface area contributed by atoms with Gasteiger partial charge in [-0.2, -0.15) is 0 Å². The second-order valence-corrected chi connectivity index (χ2v) is 5.80. The lowest BCUT2D eigenvalue weighted by Gasteiger charge is -2.19. The molecule has 0 aromatic carbocycles. The van der Waals surface area contributed by atoms with E-state index < -0.39 is 0 Å². The first-order valence-electron chi connectivity index (χ1n) is 7.81. The molecule has 1 aliphatic rings. The van der Waals surface area contributed by atoms with Crippen LogP contribution in [0.1, 0.15) is 34.1 Å². The van der Waals surface area contributed by atoms with Gasteiger partial charge in [-0.05, 0) is 25.5 Å². The Morgan fingerprint density at radius 1 is 1.33 bits per heavy atom. The quantitative estimate of drug-likeness (QED) is 0.708. The summed E-state index contributed by atoms with van der Waals surface area (Å²) in [5.74, 6) is 0.238. The van der Waals surface area contributed by atoms with Gasteiger partial charge in [0.1, 0.15) is 5.69 Å². The van der Waals surface area contributed by atoms with Crippen LogP contribution >= 0.6 is 0 Å². The Bertz CT molecular complexity index is 849. The molecule has 0 unspecified atom stereocenters. The highest BCUT2D eigenvalue weighted by Gasteiger charge is 2.25. The average molecular weight is 327 g/mol. The minimum atomic E-state index is -0.113. The second-order valence-electron chi connectivity index (χ2n) is 5.80. The van der Waals surface area contributed by atoms with Crippen LogP contribution in [0.15, 0.2) is 29.0 Å². The number of carbonyl (C=O) groups is 1. The van der Waals surface area contributed by atoms with Gasteiger partial charge in [0.05, 0.1) is 36.9 Å². The molecule has 9 nitrogen and oxygen atoms in total. The molecule has 1 amide bonds. The van der Waals surface area contributed by atoms with E-state index in [0.717, 1.165) is 30.0 Å². The minimum absolute atomic E-state index is 0.113. The Balaban J connectivity index is 1.61. The number of carbonyl (C=O) groups excluding carboxylic acids is 1. The van der Waals surface area contributed by atoms with Crippen molar-refractivity contribution in [3.63, 3.8) is 0 Å². The van der Waals surface area contributed by atoms with Gasteiger partial charge in [0.25, 0.3) is 5.91 Å². The SMILES string of the molecule is Cc1cnnn1Cc1nnn2c1CN(C(=O)c1ccco1)CCC2. The molecule has 0 saturated carbocycles. The summed E-state index contributed by atoms with van der Waals surface area (Å²) in [6.07, 6.45) is 4.04. The number of rotatable bonds is 3. The van der Waals surface area contributed by atoms with Gasteiger partial charge in [-0.25, -0.2) is 9.36 Å². The molecule has 0 radical (unpaired) electrons. The van der Waals surface area contributed by atoms with E-state index in [1.165, 1.54) is 6.26 Å². The summed E-state index contributed by atoms with van der Waals surface area (Å²) in [5, 5.41) is 16.4. The van der Waals surface area contributed by atoms with E-state index in [9.17, 15) is 4.79 Å². The fourth-order valence-corrected chi connectivity index (χ4v) is 2.85. The number of aromatic nitrogens is 6. The maximum atomic E-state index is 12.6. The van der Waals surface area contributed by atoms with Gasteiger partial charge in [-0.3, -0.25) is 4.79 Å². The van der Waals surface area contributed by atoms with Crippen LogP contribution in [-0.2, 0) is 19.6 Å². The lowest BCUT2D eigenvalue weighted by atomic mass is 10.2.